The molecule has 0 N–H and O–H groups in total. The summed E-state index contributed by atoms with van der Waals surface area (Å²) in [6.07, 6.45) is 0. The molecule has 0 unspecified atom stereocenters. The van der Waals surface area contributed by atoms with Crippen LogP contribution in [0.3, 0.4) is 0 Å². The first-order chi connectivity index (χ1) is 34.8. The highest BCUT2D eigenvalue weighted by atomic mass is 15.2. The summed E-state index contributed by atoms with van der Waals surface area (Å²) in [7, 11) is 0. The summed E-state index contributed by atoms with van der Waals surface area (Å²) in [6, 6.07) is 105. The molecule has 0 aliphatic heterocycles. The van der Waals surface area contributed by atoms with Crippen LogP contribution in [0.1, 0.15) is 22.3 Å². The van der Waals surface area contributed by atoms with Crippen LogP contribution in [0.5, 0.6) is 0 Å². The largest absolute Gasteiger partial charge is 0.309 e. The monoisotopic (exact) mass is 889 g/mol. The lowest BCUT2D eigenvalue weighted by atomic mass is 9.68. The third kappa shape index (κ3) is 6.62. The van der Waals surface area contributed by atoms with E-state index < -0.39 is 5.41 Å². The third-order valence-corrected chi connectivity index (χ3v) is 14.5. The van der Waals surface area contributed by atoms with Crippen molar-refractivity contribution >= 4 is 38.6 Å². The quantitative estimate of drug-likeness (QED) is 0.131. The van der Waals surface area contributed by atoms with Gasteiger partial charge < -0.3 is 4.90 Å². The molecule has 0 atom stereocenters. The van der Waals surface area contributed by atoms with E-state index in [1.807, 2.05) is 0 Å². The van der Waals surface area contributed by atoms with Crippen molar-refractivity contribution in [1.29, 1.82) is 0 Å². The Bertz CT molecular complexity index is 3800. The average molecular weight is 890 g/mol. The van der Waals surface area contributed by atoms with Crippen LogP contribution < -0.4 is 4.90 Å². The van der Waals surface area contributed by atoms with E-state index in [4.69, 9.17) is 0 Å². The van der Waals surface area contributed by atoms with Crippen LogP contribution in [-0.2, 0) is 5.41 Å². The van der Waals surface area contributed by atoms with E-state index in [-0.39, 0.29) is 0 Å². The fourth-order valence-electron chi connectivity index (χ4n) is 11.6. The highest BCUT2D eigenvalue weighted by Gasteiger charge is 2.47. The maximum atomic E-state index is 2.60. The van der Waals surface area contributed by atoms with Crippen molar-refractivity contribution in [2.24, 2.45) is 0 Å². The van der Waals surface area contributed by atoms with Gasteiger partial charge in [-0.25, -0.2) is 0 Å². The number of hydrogen-bond acceptors (Lipinski definition) is 1. The number of hydrogen-bond donors (Lipinski definition) is 0. The summed E-state index contributed by atoms with van der Waals surface area (Å²) >= 11 is 0. The van der Waals surface area contributed by atoms with Gasteiger partial charge in [0, 0.05) is 22.2 Å². The second kappa shape index (κ2) is 17.2. The highest BCUT2D eigenvalue weighted by Crippen LogP contribution is 2.61. The molecule has 70 heavy (non-hydrogen) atoms. The van der Waals surface area contributed by atoms with Crippen molar-refractivity contribution in [3.8, 4) is 55.6 Å². The number of rotatable bonds is 9. The van der Waals surface area contributed by atoms with Gasteiger partial charge in [0.05, 0.1) is 16.8 Å². The van der Waals surface area contributed by atoms with E-state index in [1.165, 1.54) is 88.3 Å². The molecule has 0 amide bonds. The van der Waals surface area contributed by atoms with Gasteiger partial charge in [0.1, 0.15) is 0 Å². The van der Waals surface area contributed by atoms with Crippen molar-refractivity contribution < 1.29 is 0 Å². The van der Waals surface area contributed by atoms with Crippen molar-refractivity contribution in [2.45, 2.75) is 5.41 Å². The normalized spacial score (nSPS) is 12.4. The maximum Gasteiger partial charge on any atom is 0.0714 e. The van der Waals surface area contributed by atoms with Crippen LogP contribution in [0.2, 0.25) is 0 Å². The van der Waals surface area contributed by atoms with E-state index in [9.17, 15) is 0 Å². The van der Waals surface area contributed by atoms with Gasteiger partial charge in [0.15, 0.2) is 0 Å². The summed E-state index contributed by atoms with van der Waals surface area (Å²) in [5.41, 5.74) is 19.7. The Morgan fingerprint density at radius 3 is 1.36 bits per heavy atom. The second-order valence-electron chi connectivity index (χ2n) is 18.3. The molecule has 0 saturated carbocycles. The van der Waals surface area contributed by atoms with Crippen LogP contribution >= 0.6 is 0 Å². The Hall–Kier alpha value is -9.04. The molecule has 1 nitrogen and oxygen atoms in total. The molecule has 12 aromatic carbocycles. The second-order valence-corrected chi connectivity index (χ2v) is 18.3. The van der Waals surface area contributed by atoms with Gasteiger partial charge in [-0.3, -0.25) is 0 Å². The first kappa shape index (κ1) is 41.2. The average Bonchev–Trinajstić information content (AvgIpc) is 3.76. The topological polar surface area (TPSA) is 3.24 Å². The Labute approximate surface area is 409 Å². The summed E-state index contributed by atoms with van der Waals surface area (Å²) in [6.45, 7) is 0. The lowest BCUT2D eigenvalue weighted by Crippen LogP contribution is -2.28. The summed E-state index contributed by atoms with van der Waals surface area (Å²) < 4.78 is 0. The van der Waals surface area contributed by atoms with E-state index in [2.05, 4.69) is 290 Å². The van der Waals surface area contributed by atoms with E-state index in [0.29, 0.717) is 0 Å². The van der Waals surface area contributed by atoms with Crippen LogP contribution in [0.15, 0.2) is 285 Å². The summed E-state index contributed by atoms with van der Waals surface area (Å²) in [5, 5.41) is 4.84. The highest BCUT2D eigenvalue weighted by molar-refractivity contribution is 6.23. The van der Waals surface area contributed by atoms with E-state index in [1.54, 1.807) is 0 Å². The zero-order valence-corrected chi connectivity index (χ0v) is 38.6. The summed E-state index contributed by atoms with van der Waals surface area (Å²) in [4.78, 5) is 2.60. The zero-order chi connectivity index (χ0) is 46.4. The van der Waals surface area contributed by atoms with Crippen LogP contribution in [-0.4, -0.2) is 0 Å². The number of fused-ring (bicyclic) bond motifs is 6. The lowest BCUT2D eigenvalue weighted by molar-refractivity contribution is 0.768. The molecule has 13 rings (SSSR count). The van der Waals surface area contributed by atoms with Gasteiger partial charge in [0.2, 0.25) is 0 Å². The molecule has 0 spiro atoms. The molecule has 0 bridgehead atoms. The molecule has 1 heteroatoms. The number of nitrogens with zero attached hydrogens (tertiary/aromatic N) is 1. The van der Waals surface area contributed by atoms with Gasteiger partial charge in [0.25, 0.3) is 0 Å². The Balaban J connectivity index is 1.16. The lowest BCUT2D eigenvalue weighted by Gasteiger charge is -2.35. The minimum atomic E-state index is -0.575. The molecule has 1 aliphatic rings. The van der Waals surface area contributed by atoms with Crippen LogP contribution in [0.4, 0.5) is 17.1 Å². The Morgan fingerprint density at radius 1 is 0.257 bits per heavy atom. The van der Waals surface area contributed by atoms with Gasteiger partial charge in [-0.2, -0.15) is 0 Å². The molecule has 0 fully saturated rings. The van der Waals surface area contributed by atoms with Gasteiger partial charge in [-0.1, -0.05) is 267 Å². The number of benzene rings is 12. The fourth-order valence-corrected chi connectivity index (χ4v) is 11.6. The predicted molar refractivity (Wildman–Crippen MR) is 295 cm³/mol. The van der Waals surface area contributed by atoms with Gasteiger partial charge in [-0.15, -0.1) is 0 Å². The Morgan fingerprint density at radius 2 is 0.714 bits per heavy atom. The minimum Gasteiger partial charge on any atom is -0.309 e. The molecule has 12 aromatic rings. The van der Waals surface area contributed by atoms with E-state index in [0.717, 1.165) is 28.2 Å². The Kier molecular flexibility index (Phi) is 10.1. The first-order valence-electron chi connectivity index (χ1n) is 24.3. The SMILES string of the molecule is c1ccc(-c2ccc(-c3ccc(N(c4cccc5c4-c4ccccc4C5(c4ccccc4)c4ccccc4)c4c(-c5ccccc5)c5ccccc5c5ccccc45)cc3-c3ccccc3)cc2)cc1. The molecular formula is C69H47N. The van der Waals surface area contributed by atoms with Crippen molar-refractivity contribution in [1.82, 2.24) is 0 Å². The minimum absolute atomic E-state index is 0.575. The molecule has 328 valence electrons. The predicted octanol–water partition coefficient (Wildman–Crippen LogP) is 18.5. The molecule has 0 aromatic heterocycles. The van der Waals surface area contributed by atoms with Crippen molar-refractivity contribution in [2.75, 3.05) is 4.90 Å². The number of anilines is 3. The molecular weight excluding hydrogens is 843 g/mol. The maximum absolute atomic E-state index is 2.60. The van der Waals surface area contributed by atoms with Gasteiger partial charge in [-0.05, 0) is 101 Å². The van der Waals surface area contributed by atoms with Gasteiger partial charge >= 0.3 is 0 Å². The molecule has 0 heterocycles. The zero-order valence-electron chi connectivity index (χ0n) is 38.6. The third-order valence-electron chi connectivity index (χ3n) is 14.5. The van der Waals surface area contributed by atoms with Crippen molar-refractivity contribution in [3.63, 3.8) is 0 Å². The molecule has 0 saturated heterocycles. The summed E-state index contributed by atoms with van der Waals surface area (Å²) in [5.74, 6) is 0. The van der Waals surface area contributed by atoms with Crippen LogP contribution in [0, 0.1) is 0 Å². The van der Waals surface area contributed by atoms with E-state index >= 15 is 0 Å². The standard InChI is InChI=1S/C69H47N/c1-6-23-48(24-7-1)49-41-43-51(44-42-49)56-46-45-55(47-62(56)50-25-8-2-9-26-50)70(68-60-36-19-17-34-58(60)57-33-16-18-35-59(57)66(68)52-27-10-3-11-28-52)65-40-22-39-64-67(65)61-37-20-21-38-63(61)69(64,53-29-12-4-13-30-53)54-31-14-5-15-32-54/h1-47H. The van der Waals surface area contributed by atoms with Crippen LogP contribution in [0.25, 0.3) is 77.2 Å². The first-order valence-corrected chi connectivity index (χ1v) is 24.3. The smallest absolute Gasteiger partial charge is 0.0714 e. The fraction of sp³-hybridized carbons (Fsp3) is 0.0145. The molecule has 0 radical (unpaired) electrons. The molecule has 1 aliphatic carbocycles. The van der Waals surface area contributed by atoms with Crippen molar-refractivity contribution in [3.05, 3.63) is 307 Å².